The van der Waals surface area contributed by atoms with E-state index in [1.807, 2.05) is 27.7 Å². The first kappa shape index (κ1) is 16.9. The Balaban J connectivity index is 2.78. The number of carbonyl (C=O) groups is 1. The summed E-state index contributed by atoms with van der Waals surface area (Å²) in [6, 6.07) is 3.36. The van der Waals surface area contributed by atoms with Crippen molar-refractivity contribution in [3.05, 3.63) is 41.1 Å². The van der Waals surface area contributed by atoms with Crippen LogP contribution in [0.3, 0.4) is 0 Å². The number of carbonyl (C=O) groups excluding carboxylic acids is 1. The molecule has 1 aromatic heterocycles. The van der Waals surface area contributed by atoms with E-state index < -0.39 is 5.41 Å². The van der Waals surface area contributed by atoms with Gasteiger partial charge in [-0.2, -0.15) is 0 Å². The summed E-state index contributed by atoms with van der Waals surface area (Å²) in [7, 11) is 0. The number of nitrogens with one attached hydrogen (secondary N) is 1. The standard InChI is InChI=1S/C16H18ClN3O/c1-11(10-12(2)17)6-7-13-8-9-14(20-19-13)18-15(21)16(3,4)5/h8-10H,2H2,1,3-5H3,(H,18,20,21). The van der Waals surface area contributed by atoms with Crippen LogP contribution in [0.25, 0.3) is 0 Å². The minimum atomic E-state index is -0.480. The number of amides is 1. The van der Waals surface area contributed by atoms with Gasteiger partial charge in [0.25, 0.3) is 0 Å². The van der Waals surface area contributed by atoms with Crippen molar-refractivity contribution in [2.45, 2.75) is 27.7 Å². The zero-order valence-corrected chi connectivity index (χ0v) is 13.4. The Bertz CT molecular complexity index is 628. The number of hydrogen-bond donors (Lipinski definition) is 1. The maximum atomic E-state index is 11.8. The highest BCUT2D eigenvalue weighted by Crippen LogP contribution is 2.15. The lowest BCUT2D eigenvalue weighted by Gasteiger charge is -2.16. The van der Waals surface area contributed by atoms with Crippen molar-refractivity contribution in [3.8, 4) is 11.8 Å². The molecule has 0 aliphatic heterocycles. The first-order valence-electron chi connectivity index (χ1n) is 6.38. The number of anilines is 1. The number of nitrogens with zero attached hydrogens (tertiary/aromatic N) is 2. The summed E-state index contributed by atoms with van der Waals surface area (Å²) in [6.07, 6.45) is 1.67. The predicted octanol–water partition coefficient (Wildman–Crippen LogP) is 3.51. The first-order chi connectivity index (χ1) is 9.68. The van der Waals surface area contributed by atoms with E-state index in [1.165, 1.54) is 0 Å². The number of halogens is 1. The van der Waals surface area contributed by atoms with E-state index in [0.717, 1.165) is 5.57 Å². The van der Waals surface area contributed by atoms with Crippen molar-refractivity contribution in [2.75, 3.05) is 5.32 Å². The van der Waals surface area contributed by atoms with Crippen molar-refractivity contribution in [1.82, 2.24) is 10.2 Å². The maximum absolute atomic E-state index is 11.8. The molecule has 1 amide bonds. The molecule has 0 aliphatic carbocycles. The quantitative estimate of drug-likeness (QED) is 0.672. The van der Waals surface area contributed by atoms with Crippen LogP contribution in [0.1, 0.15) is 33.4 Å². The van der Waals surface area contributed by atoms with Gasteiger partial charge >= 0.3 is 0 Å². The highest BCUT2D eigenvalue weighted by atomic mass is 35.5. The fourth-order valence-electron chi connectivity index (χ4n) is 1.20. The topological polar surface area (TPSA) is 54.9 Å². The third-order valence-corrected chi connectivity index (χ3v) is 2.46. The van der Waals surface area contributed by atoms with E-state index in [1.54, 1.807) is 18.2 Å². The first-order valence-corrected chi connectivity index (χ1v) is 6.76. The van der Waals surface area contributed by atoms with Gasteiger partial charge in [-0.25, -0.2) is 0 Å². The Morgan fingerprint density at radius 3 is 2.52 bits per heavy atom. The van der Waals surface area contributed by atoms with Crippen LogP contribution in [0.15, 0.2) is 35.4 Å². The Morgan fingerprint density at radius 1 is 1.38 bits per heavy atom. The molecule has 0 unspecified atom stereocenters. The molecule has 21 heavy (non-hydrogen) atoms. The highest BCUT2D eigenvalue weighted by Gasteiger charge is 2.21. The van der Waals surface area contributed by atoms with Gasteiger partial charge in [0.05, 0.1) is 0 Å². The monoisotopic (exact) mass is 303 g/mol. The van der Waals surface area contributed by atoms with Crippen molar-refractivity contribution < 1.29 is 4.79 Å². The Kier molecular flexibility index (Phi) is 5.69. The minimum absolute atomic E-state index is 0.116. The average molecular weight is 304 g/mol. The van der Waals surface area contributed by atoms with Crippen molar-refractivity contribution in [2.24, 2.45) is 5.41 Å². The van der Waals surface area contributed by atoms with Crippen LogP contribution in [-0.4, -0.2) is 16.1 Å². The van der Waals surface area contributed by atoms with Crippen molar-refractivity contribution in [1.29, 1.82) is 0 Å². The van der Waals surface area contributed by atoms with E-state index in [-0.39, 0.29) is 5.91 Å². The minimum Gasteiger partial charge on any atom is -0.309 e. The summed E-state index contributed by atoms with van der Waals surface area (Å²) in [5, 5.41) is 11.0. The molecular formula is C16H18ClN3O. The van der Waals surface area contributed by atoms with Gasteiger partial charge in [0.1, 0.15) is 5.69 Å². The van der Waals surface area contributed by atoms with Crippen LogP contribution in [0, 0.1) is 17.3 Å². The lowest BCUT2D eigenvalue weighted by molar-refractivity contribution is -0.123. The van der Waals surface area contributed by atoms with Crippen LogP contribution >= 0.6 is 11.6 Å². The fourth-order valence-corrected chi connectivity index (χ4v) is 1.37. The summed E-state index contributed by atoms with van der Waals surface area (Å²) in [5.74, 6) is 6.04. The van der Waals surface area contributed by atoms with E-state index in [4.69, 9.17) is 11.6 Å². The summed E-state index contributed by atoms with van der Waals surface area (Å²) in [6.45, 7) is 10.9. The van der Waals surface area contributed by atoms with Gasteiger partial charge in [-0.15, -0.1) is 10.2 Å². The maximum Gasteiger partial charge on any atom is 0.230 e. The number of hydrogen-bond acceptors (Lipinski definition) is 3. The van der Waals surface area contributed by atoms with Crippen LogP contribution in [0.5, 0.6) is 0 Å². The molecule has 5 heteroatoms. The number of rotatable bonds is 2. The van der Waals surface area contributed by atoms with Gasteiger partial charge in [-0.1, -0.05) is 44.9 Å². The molecular weight excluding hydrogens is 286 g/mol. The molecule has 0 aromatic carbocycles. The highest BCUT2D eigenvalue weighted by molar-refractivity contribution is 6.30. The molecule has 4 nitrogen and oxygen atoms in total. The van der Waals surface area contributed by atoms with Gasteiger partial charge < -0.3 is 5.32 Å². The summed E-state index contributed by atoms with van der Waals surface area (Å²) >= 11 is 5.65. The van der Waals surface area contributed by atoms with Crippen molar-refractivity contribution in [3.63, 3.8) is 0 Å². The molecule has 0 aliphatic rings. The molecule has 1 rings (SSSR count). The predicted molar refractivity (Wildman–Crippen MR) is 85.7 cm³/mol. The fraction of sp³-hybridized carbons (Fsp3) is 0.312. The Labute approximate surface area is 130 Å². The average Bonchev–Trinajstić information content (AvgIpc) is 2.36. The molecule has 0 radical (unpaired) electrons. The second-order valence-electron chi connectivity index (χ2n) is 5.53. The van der Waals surface area contributed by atoms with E-state index in [9.17, 15) is 4.79 Å². The molecule has 1 N–H and O–H groups in total. The van der Waals surface area contributed by atoms with Gasteiger partial charge in [-0.05, 0) is 31.1 Å². The summed E-state index contributed by atoms with van der Waals surface area (Å²) in [4.78, 5) is 11.8. The largest absolute Gasteiger partial charge is 0.309 e. The summed E-state index contributed by atoms with van der Waals surface area (Å²) < 4.78 is 0. The number of aromatic nitrogens is 2. The molecule has 0 saturated heterocycles. The molecule has 110 valence electrons. The van der Waals surface area contributed by atoms with Crippen LogP contribution < -0.4 is 5.32 Å². The van der Waals surface area contributed by atoms with Gasteiger partial charge in [-0.3, -0.25) is 4.79 Å². The van der Waals surface area contributed by atoms with Gasteiger partial charge in [0.2, 0.25) is 5.91 Å². The van der Waals surface area contributed by atoms with Crippen LogP contribution in [0.2, 0.25) is 0 Å². The van der Waals surface area contributed by atoms with Gasteiger partial charge in [0, 0.05) is 16.0 Å². The molecule has 0 spiro atoms. The number of allylic oxidation sites excluding steroid dienone is 3. The second kappa shape index (κ2) is 7.05. The van der Waals surface area contributed by atoms with Crippen LogP contribution in [0.4, 0.5) is 5.82 Å². The third kappa shape index (κ3) is 6.24. The normalized spacial score (nSPS) is 11.4. The molecule has 0 fully saturated rings. The van der Waals surface area contributed by atoms with Gasteiger partial charge in [0.15, 0.2) is 5.82 Å². The molecule has 0 bridgehead atoms. The molecule has 1 aromatic rings. The molecule has 0 saturated carbocycles. The lowest BCUT2D eigenvalue weighted by atomic mass is 9.96. The smallest absolute Gasteiger partial charge is 0.230 e. The summed E-state index contributed by atoms with van der Waals surface area (Å²) in [5.41, 5.74) is 0.810. The zero-order valence-electron chi connectivity index (χ0n) is 12.6. The van der Waals surface area contributed by atoms with Crippen LogP contribution in [-0.2, 0) is 4.79 Å². The van der Waals surface area contributed by atoms with E-state index >= 15 is 0 Å². The second-order valence-corrected chi connectivity index (χ2v) is 6.02. The Hall–Kier alpha value is -2.12. The lowest BCUT2D eigenvalue weighted by Crippen LogP contribution is -2.28. The third-order valence-electron chi connectivity index (χ3n) is 2.35. The SMILES string of the molecule is C=C(Cl)C=C(C)C#Cc1ccc(NC(=O)C(C)(C)C)nn1. The Morgan fingerprint density at radius 2 is 2.05 bits per heavy atom. The van der Waals surface area contributed by atoms with Crippen molar-refractivity contribution >= 4 is 23.3 Å². The van der Waals surface area contributed by atoms with E-state index in [0.29, 0.717) is 16.5 Å². The zero-order chi connectivity index (χ0) is 16.0. The molecule has 0 atom stereocenters. The molecule has 1 heterocycles. The van der Waals surface area contributed by atoms with E-state index in [2.05, 4.69) is 33.9 Å².